The van der Waals surface area contributed by atoms with E-state index in [1.807, 2.05) is 25.1 Å². The molecule has 0 radical (unpaired) electrons. The number of ether oxygens (including phenoxy) is 3. The zero-order valence-electron chi connectivity index (χ0n) is 29.6. The van der Waals surface area contributed by atoms with E-state index in [0.717, 1.165) is 49.4 Å². The molecular formula is C38H46ClN5O6S. The third-order valence-corrected chi connectivity index (χ3v) is 13.2. The highest BCUT2D eigenvalue weighted by Crippen LogP contribution is 2.47. The molecule has 4 aliphatic rings. The maximum atomic E-state index is 14.6. The van der Waals surface area contributed by atoms with Gasteiger partial charge in [-0.25, -0.2) is 4.21 Å². The van der Waals surface area contributed by atoms with E-state index >= 15 is 0 Å². The third-order valence-electron chi connectivity index (χ3n) is 11.0. The van der Waals surface area contributed by atoms with Crippen LogP contribution >= 0.6 is 11.6 Å². The highest BCUT2D eigenvalue weighted by molar-refractivity contribution is 7.92. The van der Waals surface area contributed by atoms with Gasteiger partial charge in [0.2, 0.25) is 5.88 Å². The van der Waals surface area contributed by atoms with Crippen LogP contribution in [0.1, 0.15) is 70.9 Å². The van der Waals surface area contributed by atoms with Gasteiger partial charge in [0.05, 0.1) is 31.3 Å². The summed E-state index contributed by atoms with van der Waals surface area (Å²) in [6, 6.07) is 11.5. The van der Waals surface area contributed by atoms with E-state index in [1.165, 1.54) is 29.1 Å². The normalized spacial score (nSPS) is 29.7. The number of hydrogen-bond donors (Lipinski definition) is 1. The number of nitrogens with zero attached hydrogens (tertiary/aromatic N) is 4. The number of amides is 2. The number of allylic oxidation sites excluding steroid dienone is 1. The minimum atomic E-state index is -3.59. The van der Waals surface area contributed by atoms with Gasteiger partial charge < -0.3 is 19.1 Å². The number of carbonyl (C=O) groups excluding carboxylic acids is 2. The summed E-state index contributed by atoms with van der Waals surface area (Å²) in [6.07, 6.45) is 11.2. The van der Waals surface area contributed by atoms with Crippen LogP contribution in [0, 0.1) is 17.8 Å². The van der Waals surface area contributed by atoms with Crippen LogP contribution in [0.3, 0.4) is 0 Å². The van der Waals surface area contributed by atoms with E-state index in [-0.39, 0.29) is 40.2 Å². The minimum absolute atomic E-state index is 0.0345. The third kappa shape index (κ3) is 7.15. The Balaban J connectivity index is 1.31. The van der Waals surface area contributed by atoms with Crippen LogP contribution in [-0.4, -0.2) is 71.6 Å². The Labute approximate surface area is 305 Å². The fraction of sp³-hybridized carbons (Fsp3) is 0.500. The number of carbonyl (C=O) groups is 2. The molecule has 1 aromatic heterocycles. The van der Waals surface area contributed by atoms with Crippen LogP contribution in [0.15, 0.2) is 59.1 Å². The summed E-state index contributed by atoms with van der Waals surface area (Å²) < 4.78 is 40.8. The number of aryl methyl sites for hydroxylation is 2. The van der Waals surface area contributed by atoms with Crippen LogP contribution in [0.2, 0.25) is 5.02 Å². The van der Waals surface area contributed by atoms with Crippen molar-refractivity contribution in [2.75, 3.05) is 44.6 Å². The molecule has 6 atom stereocenters. The molecule has 2 amide bonds. The van der Waals surface area contributed by atoms with E-state index in [4.69, 9.17) is 25.8 Å². The van der Waals surface area contributed by atoms with Gasteiger partial charge in [0.15, 0.2) is 0 Å². The number of anilines is 1. The van der Waals surface area contributed by atoms with Crippen molar-refractivity contribution in [3.63, 3.8) is 0 Å². The summed E-state index contributed by atoms with van der Waals surface area (Å²) >= 11 is 6.45. The monoisotopic (exact) mass is 735 g/mol. The van der Waals surface area contributed by atoms with Gasteiger partial charge in [0, 0.05) is 49.4 Å². The molecule has 1 spiro atoms. The molecule has 3 heterocycles. The highest BCUT2D eigenvalue weighted by atomic mass is 35.5. The quantitative estimate of drug-likeness (QED) is 0.317. The van der Waals surface area contributed by atoms with E-state index < -0.39 is 21.7 Å². The number of rotatable bonds is 4. The smallest absolute Gasteiger partial charge is 0.286 e. The highest BCUT2D eigenvalue weighted by Gasteiger charge is 2.44. The van der Waals surface area contributed by atoms with Crippen molar-refractivity contribution in [3.05, 3.63) is 82.0 Å². The van der Waals surface area contributed by atoms with E-state index in [2.05, 4.69) is 43.4 Å². The molecule has 13 heteroatoms. The van der Waals surface area contributed by atoms with Crippen LogP contribution < -0.4 is 19.1 Å². The Kier molecular flexibility index (Phi) is 9.94. The maximum Gasteiger partial charge on any atom is 0.286 e. The van der Waals surface area contributed by atoms with Gasteiger partial charge in [0.25, 0.3) is 11.8 Å². The van der Waals surface area contributed by atoms with Gasteiger partial charge in [-0.2, -0.15) is 0 Å². The first-order valence-corrected chi connectivity index (χ1v) is 19.7. The summed E-state index contributed by atoms with van der Waals surface area (Å²) in [7, 11) is 1.22. The summed E-state index contributed by atoms with van der Waals surface area (Å²) in [5.41, 5.74) is 3.43. The summed E-state index contributed by atoms with van der Waals surface area (Å²) in [5.74, 6) is -0.0885. The molecule has 1 fully saturated rings. The van der Waals surface area contributed by atoms with Crippen LogP contribution in [-0.2, 0) is 33.5 Å². The Bertz CT molecular complexity index is 1990. The van der Waals surface area contributed by atoms with Gasteiger partial charge in [-0.3, -0.25) is 19.0 Å². The SMILES string of the molecule is COc1nn(C)cc1C(=O)NS1(=O)=NC(=O)c2ccc3c(c2)N(C[C@@H]2CC[C@H]2[C@@H](OC)/C=C/C[C@H](C)C1)C[C@@]1(CCCc2cc(Cl)ccc21)CO3. The molecule has 2 aromatic carbocycles. The van der Waals surface area contributed by atoms with Crippen molar-refractivity contribution in [2.24, 2.45) is 29.2 Å². The van der Waals surface area contributed by atoms with Gasteiger partial charge in [-0.15, -0.1) is 9.46 Å². The fourth-order valence-corrected chi connectivity index (χ4v) is 10.4. The largest absolute Gasteiger partial charge is 0.490 e. The second-order valence-corrected chi connectivity index (χ2v) is 17.1. The van der Waals surface area contributed by atoms with Gasteiger partial charge in [-0.1, -0.05) is 36.7 Å². The number of hydrogen-bond acceptors (Lipinski definition) is 8. The standard InChI is InChI=1S/C38H46ClN5O6S/c1-24-7-5-9-33(48-3)29-13-10-27(29)19-44-22-38(16-6-8-25-17-28(39)12-14-31(25)38)23-50-34-15-11-26(18-32(34)44)35(45)41-51(47,21-24)42-36(46)30-20-43(2)40-37(30)49-4/h5,9,11-12,14-15,17-18,20,24,27,29,33H,6-8,10,13,16,19,21-23H2,1-4H3,(H,41,42,45,46,47)/b9-5+/t24-,27-,29+,33-,38-,51?/m0/s1. The first kappa shape index (κ1) is 35.5. The molecule has 2 aliphatic heterocycles. The first-order valence-electron chi connectivity index (χ1n) is 17.7. The Hall–Kier alpha value is -3.87. The van der Waals surface area contributed by atoms with Crippen LogP contribution in [0.4, 0.5) is 5.69 Å². The molecule has 272 valence electrons. The zero-order valence-corrected chi connectivity index (χ0v) is 31.2. The van der Waals surface area contributed by atoms with E-state index in [1.54, 1.807) is 20.2 Å². The number of nitrogens with one attached hydrogen (secondary N) is 1. The van der Waals surface area contributed by atoms with Gasteiger partial charge >= 0.3 is 0 Å². The van der Waals surface area contributed by atoms with Crippen molar-refractivity contribution in [2.45, 2.75) is 57.0 Å². The average molecular weight is 736 g/mol. The lowest BCUT2D eigenvalue weighted by Gasteiger charge is -2.46. The number of benzene rings is 2. The molecule has 0 saturated heterocycles. The molecular weight excluding hydrogens is 690 g/mol. The second kappa shape index (κ2) is 14.3. The number of halogens is 1. The minimum Gasteiger partial charge on any atom is -0.490 e. The van der Waals surface area contributed by atoms with E-state index in [9.17, 15) is 13.8 Å². The molecule has 11 nitrogen and oxygen atoms in total. The lowest BCUT2D eigenvalue weighted by molar-refractivity contribution is 0.0131. The maximum absolute atomic E-state index is 14.6. The van der Waals surface area contributed by atoms with Gasteiger partial charge in [0.1, 0.15) is 21.2 Å². The van der Waals surface area contributed by atoms with Crippen LogP contribution in [0.5, 0.6) is 11.6 Å². The average Bonchev–Trinajstić information content (AvgIpc) is 3.40. The lowest BCUT2D eigenvalue weighted by Crippen LogP contribution is -2.49. The molecule has 1 unspecified atom stereocenters. The van der Waals surface area contributed by atoms with Gasteiger partial charge in [-0.05, 0) is 97.7 Å². The molecule has 7 rings (SSSR count). The zero-order chi connectivity index (χ0) is 35.9. The predicted molar refractivity (Wildman–Crippen MR) is 197 cm³/mol. The Morgan fingerprint density at radius 3 is 2.78 bits per heavy atom. The summed E-state index contributed by atoms with van der Waals surface area (Å²) in [5, 5.41) is 4.88. The number of methoxy groups -OCH3 is 2. The predicted octanol–water partition coefficient (Wildman–Crippen LogP) is 6.15. The number of fused-ring (bicyclic) bond motifs is 4. The molecule has 51 heavy (non-hydrogen) atoms. The van der Waals surface area contributed by atoms with Crippen molar-refractivity contribution in [1.29, 1.82) is 0 Å². The topological polar surface area (TPSA) is 124 Å². The first-order chi connectivity index (χ1) is 24.5. The molecule has 3 aromatic rings. The molecule has 2 aliphatic carbocycles. The van der Waals surface area contributed by atoms with Crippen LogP contribution in [0.25, 0.3) is 0 Å². The summed E-state index contributed by atoms with van der Waals surface area (Å²) in [6.45, 7) is 3.90. The molecule has 1 N–H and O–H groups in total. The fourth-order valence-electron chi connectivity index (χ4n) is 8.34. The van der Waals surface area contributed by atoms with Crippen molar-refractivity contribution in [3.8, 4) is 11.6 Å². The van der Waals surface area contributed by atoms with Crippen molar-refractivity contribution >= 4 is 39.0 Å². The molecule has 1 saturated carbocycles. The number of aromatic nitrogens is 2. The molecule has 2 bridgehead atoms. The lowest BCUT2D eigenvalue weighted by atomic mass is 9.68. The second-order valence-electron chi connectivity index (χ2n) is 14.6. The Morgan fingerprint density at radius 2 is 2.02 bits per heavy atom. The summed E-state index contributed by atoms with van der Waals surface area (Å²) in [4.78, 5) is 29.9. The van der Waals surface area contributed by atoms with E-state index in [0.29, 0.717) is 37.2 Å². The van der Waals surface area contributed by atoms with Crippen molar-refractivity contribution < 1.29 is 28.0 Å². The Morgan fingerprint density at radius 1 is 1.18 bits per heavy atom. The van der Waals surface area contributed by atoms with Crippen molar-refractivity contribution in [1.82, 2.24) is 14.5 Å².